The molecule has 1 aliphatic heterocycles. The van der Waals surface area contributed by atoms with Crippen molar-refractivity contribution >= 4 is 23.6 Å². The zero-order valence-electron chi connectivity index (χ0n) is 29.7. The highest BCUT2D eigenvalue weighted by molar-refractivity contribution is 5.93. The van der Waals surface area contributed by atoms with Gasteiger partial charge in [-0.2, -0.15) is 0 Å². The molecule has 1 saturated heterocycles. The first-order valence-corrected chi connectivity index (χ1v) is 18.2. The molecular weight excluding hydrogens is 656 g/mol. The molecule has 0 unspecified atom stereocenters. The summed E-state index contributed by atoms with van der Waals surface area (Å²) in [6.07, 6.45) is 8.70. The largest absolute Gasteiger partial charge is 0.508 e. The lowest BCUT2D eigenvalue weighted by Gasteiger charge is -2.37. The number of amides is 3. The Morgan fingerprint density at radius 2 is 1.56 bits per heavy atom. The molecule has 1 fully saturated rings. The number of nitrogens with two attached hydrogens (primary N) is 1. The van der Waals surface area contributed by atoms with E-state index < -0.39 is 12.1 Å². The first kappa shape index (κ1) is 38.0. The monoisotopic (exact) mass is 706 g/mol. The molecule has 1 aliphatic rings. The summed E-state index contributed by atoms with van der Waals surface area (Å²) >= 11 is 0. The third kappa shape index (κ3) is 11.4. The number of hydrazine groups is 1. The van der Waals surface area contributed by atoms with E-state index in [0.717, 1.165) is 79.6 Å². The minimum Gasteiger partial charge on any atom is -0.508 e. The number of ether oxygens (including phenoxy) is 1. The molecule has 1 aromatic heterocycles. The number of phenols is 1. The summed E-state index contributed by atoms with van der Waals surface area (Å²) in [7, 11) is 0. The number of carbonyl (C=O) groups excluding carboxylic acids is 3. The Balaban J connectivity index is 1.07. The van der Waals surface area contributed by atoms with Crippen LogP contribution in [-0.4, -0.2) is 76.7 Å². The lowest BCUT2D eigenvalue weighted by Crippen LogP contribution is -2.49. The number of aromatic hydroxyl groups is 1. The van der Waals surface area contributed by atoms with Gasteiger partial charge in [-0.05, 0) is 85.5 Å². The third-order valence-electron chi connectivity index (χ3n) is 9.13. The van der Waals surface area contributed by atoms with Gasteiger partial charge in [0.25, 0.3) is 0 Å². The Kier molecular flexibility index (Phi) is 14.6. The average molecular weight is 707 g/mol. The van der Waals surface area contributed by atoms with Crippen molar-refractivity contribution in [1.29, 1.82) is 0 Å². The van der Waals surface area contributed by atoms with Gasteiger partial charge in [0.05, 0.1) is 18.2 Å². The number of nitrogens with one attached hydrogen (secondary N) is 1. The topological polar surface area (TPSA) is 141 Å². The van der Waals surface area contributed by atoms with Gasteiger partial charge < -0.3 is 25.8 Å². The highest BCUT2D eigenvalue weighted by atomic mass is 16.6. The van der Waals surface area contributed by atoms with Crippen molar-refractivity contribution in [1.82, 2.24) is 20.2 Å². The van der Waals surface area contributed by atoms with E-state index in [1.54, 1.807) is 46.6 Å². The normalized spacial score (nSPS) is 13.6. The standard InChI is InChI=1S/C41H50N6O5/c42-37(30-32-20-24-43-25-21-32)40(50)45(31-33-16-18-35(48)19-17-33)26-9-2-8-23-44-39(49)22-29-52-41(51)47(46-27-10-3-11-28-46)38-15-7-6-14-36(38)34-12-4-1-5-13-34/h1,4-7,12-21,24-25,37,48H,2-3,8-11,22-23,26-31,42H2,(H,44,49)/t37-/m1/s1. The first-order valence-electron chi connectivity index (χ1n) is 18.2. The van der Waals surface area contributed by atoms with Crippen molar-refractivity contribution in [2.45, 2.75) is 64.0 Å². The van der Waals surface area contributed by atoms with Crippen LogP contribution in [0.5, 0.6) is 5.75 Å². The van der Waals surface area contributed by atoms with Gasteiger partial charge in [0.15, 0.2) is 0 Å². The van der Waals surface area contributed by atoms with Gasteiger partial charge in [-0.1, -0.05) is 67.1 Å². The van der Waals surface area contributed by atoms with Crippen LogP contribution in [-0.2, 0) is 27.3 Å². The molecule has 2 heterocycles. The van der Waals surface area contributed by atoms with Crippen LogP contribution in [0.4, 0.5) is 10.5 Å². The zero-order valence-corrected chi connectivity index (χ0v) is 29.7. The molecule has 3 amide bonds. The summed E-state index contributed by atoms with van der Waals surface area (Å²) in [4.78, 5) is 45.5. The molecule has 4 aromatic rings. The molecule has 11 nitrogen and oxygen atoms in total. The molecule has 5 rings (SSSR count). The zero-order chi connectivity index (χ0) is 36.5. The molecule has 0 aliphatic carbocycles. The summed E-state index contributed by atoms with van der Waals surface area (Å²) in [6, 6.07) is 27.6. The van der Waals surface area contributed by atoms with Crippen LogP contribution in [0, 0.1) is 0 Å². The van der Waals surface area contributed by atoms with Crippen molar-refractivity contribution in [2.24, 2.45) is 5.73 Å². The molecule has 0 spiro atoms. The lowest BCUT2D eigenvalue weighted by molar-refractivity contribution is -0.133. The number of piperidine rings is 1. The molecule has 52 heavy (non-hydrogen) atoms. The van der Waals surface area contributed by atoms with E-state index >= 15 is 0 Å². The predicted molar refractivity (Wildman–Crippen MR) is 202 cm³/mol. The van der Waals surface area contributed by atoms with Gasteiger partial charge in [0, 0.05) is 50.7 Å². The Morgan fingerprint density at radius 1 is 0.846 bits per heavy atom. The van der Waals surface area contributed by atoms with Gasteiger partial charge >= 0.3 is 6.09 Å². The number of rotatable bonds is 17. The van der Waals surface area contributed by atoms with E-state index in [0.29, 0.717) is 26.1 Å². The van der Waals surface area contributed by atoms with E-state index in [1.807, 2.05) is 71.7 Å². The van der Waals surface area contributed by atoms with Crippen molar-refractivity contribution in [3.8, 4) is 16.9 Å². The Bertz CT molecular complexity index is 1700. The summed E-state index contributed by atoms with van der Waals surface area (Å²) < 4.78 is 5.70. The van der Waals surface area contributed by atoms with Gasteiger partial charge in [0.1, 0.15) is 12.4 Å². The number of nitrogens with zero attached hydrogens (tertiary/aromatic N) is 4. The molecule has 1 atom stereocenters. The number of aromatic nitrogens is 1. The van der Waals surface area contributed by atoms with Gasteiger partial charge in [-0.15, -0.1) is 0 Å². The highest BCUT2D eigenvalue weighted by Crippen LogP contribution is 2.33. The van der Waals surface area contributed by atoms with Crippen LogP contribution >= 0.6 is 0 Å². The Hall–Kier alpha value is -5.26. The molecular formula is C41H50N6O5. The van der Waals surface area contributed by atoms with Crippen LogP contribution in [0.1, 0.15) is 56.1 Å². The number of benzene rings is 3. The van der Waals surface area contributed by atoms with Crippen molar-refractivity contribution in [3.05, 3.63) is 115 Å². The minimum absolute atomic E-state index is 0.0312. The SMILES string of the molecule is N[C@H](Cc1ccncc1)C(=O)N(CCCCCNC(=O)CCOC(=O)N(c1ccccc1-c1ccccc1)N1CCCCC1)Cc1ccc(O)cc1. The average Bonchev–Trinajstić information content (AvgIpc) is 3.17. The molecule has 0 saturated carbocycles. The molecule has 274 valence electrons. The number of carbonyl (C=O) groups is 3. The fourth-order valence-corrected chi connectivity index (χ4v) is 6.36. The second-order valence-corrected chi connectivity index (χ2v) is 13.1. The summed E-state index contributed by atoms with van der Waals surface area (Å²) in [6.45, 7) is 2.83. The van der Waals surface area contributed by atoms with Crippen molar-refractivity contribution < 1.29 is 24.2 Å². The van der Waals surface area contributed by atoms with Crippen LogP contribution in [0.15, 0.2) is 103 Å². The van der Waals surface area contributed by atoms with Crippen molar-refractivity contribution in [3.63, 3.8) is 0 Å². The second-order valence-electron chi connectivity index (χ2n) is 13.1. The number of para-hydroxylation sites is 1. The fraction of sp³-hybridized carbons (Fsp3) is 0.366. The van der Waals surface area contributed by atoms with Crippen LogP contribution in [0.25, 0.3) is 11.1 Å². The molecule has 11 heteroatoms. The van der Waals surface area contributed by atoms with Crippen molar-refractivity contribution in [2.75, 3.05) is 37.8 Å². The van der Waals surface area contributed by atoms with E-state index in [4.69, 9.17) is 10.5 Å². The van der Waals surface area contributed by atoms with Crippen LogP contribution in [0.2, 0.25) is 0 Å². The number of pyridine rings is 1. The van der Waals surface area contributed by atoms with E-state index in [1.165, 1.54) is 0 Å². The maximum Gasteiger partial charge on any atom is 0.429 e. The number of unbranched alkanes of at least 4 members (excludes halogenated alkanes) is 2. The van der Waals surface area contributed by atoms with Gasteiger partial charge in [-0.3, -0.25) is 14.6 Å². The van der Waals surface area contributed by atoms with E-state index in [-0.39, 0.29) is 30.6 Å². The molecule has 0 bridgehead atoms. The lowest BCUT2D eigenvalue weighted by atomic mass is 10.0. The summed E-state index contributed by atoms with van der Waals surface area (Å²) in [5.74, 6) is -0.163. The Labute approximate surface area is 306 Å². The number of anilines is 1. The maximum atomic E-state index is 13.6. The summed E-state index contributed by atoms with van der Waals surface area (Å²) in [5.41, 5.74) is 10.9. The van der Waals surface area contributed by atoms with Gasteiger partial charge in [0.2, 0.25) is 11.8 Å². The number of hydrogen-bond acceptors (Lipinski definition) is 8. The molecule has 3 aromatic carbocycles. The number of hydrogen-bond donors (Lipinski definition) is 3. The molecule has 4 N–H and O–H groups in total. The van der Waals surface area contributed by atoms with E-state index in [9.17, 15) is 19.5 Å². The van der Waals surface area contributed by atoms with Crippen LogP contribution < -0.4 is 16.1 Å². The van der Waals surface area contributed by atoms with Crippen LogP contribution in [0.3, 0.4) is 0 Å². The maximum absolute atomic E-state index is 13.6. The number of phenolic OH excluding ortho intramolecular Hbond substituents is 1. The van der Waals surface area contributed by atoms with Gasteiger partial charge in [-0.25, -0.2) is 14.8 Å². The van der Waals surface area contributed by atoms with E-state index in [2.05, 4.69) is 10.3 Å². The third-order valence-corrected chi connectivity index (χ3v) is 9.13. The smallest absolute Gasteiger partial charge is 0.429 e. The summed E-state index contributed by atoms with van der Waals surface area (Å²) in [5, 5.41) is 16.3. The first-order chi connectivity index (χ1) is 25.4. The minimum atomic E-state index is -0.696. The second kappa shape index (κ2) is 20.0. The predicted octanol–water partition coefficient (Wildman–Crippen LogP) is 6.07. The quantitative estimate of drug-likeness (QED) is 0.112. The fourth-order valence-electron chi connectivity index (χ4n) is 6.36. The Morgan fingerprint density at radius 3 is 2.31 bits per heavy atom. The highest BCUT2D eigenvalue weighted by Gasteiger charge is 2.28. The molecule has 0 radical (unpaired) electrons.